The number of aromatic nitrogens is 2. The van der Waals surface area contributed by atoms with Crippen molar-refractivity contribution >= 4 is 0 Å². The van der Waals surface area contributed by atoms with Crippen molar-refractivity contribution in [1.29, 1.82) is 0 Å². The Kier molecular flexibility index (Phi) is 4.18. The predicted octanol–water partition coefficient (Wildman–Crippen LogP) is 1.60. The van der Waals surface area contributed by atoms with Gasteiger partial charge in [-0.15, -0.1) is 0 Å². The molecule has 0 spiro atoms. The van der Waals surface area contributed by atoms with E-state index < -0.39 is 0 Å². The molecule has 5 nitrogen and oxygen atoms in total. The first-order valence-corrected chi connectivity index (χ1v) is 5.34. The standard InChI is InChI=1S/C11H20N3O2/c1-11(2,3)8-16-9-14-6-5-13(4)10(14)7-12-15/h5-6H,7-9H2,1-4H3/q+1. The summed E-state index contributed by atoms with van der Waals surface area (Å²) in [5, 5.41) is 2.91. The number of nitrogens with zero attached hydrogens (tertiary/aromatic N) is 3. The third-order valence-corrected chi connectivity index (χ3v) is 2.18. The number of rotatable bonds is 5. The monoisotopic (exact) mass is 226 g/mol. The van der Waals surface area contributed by atoms with Crippen molar-refractivity contribution in [3.63, 3.8) is 0 Å². The molecule has 0 aliphatic heterocycles. The van der Waals surface area contributed by atoms with Crippen molar-refractivity contribution in [3.05, 3.63) is 23.1 Å². The van der Waals surface area contributed by atoms with Gasteiger partial charge < -0.3 is 4.74 Å². The van der Waals surface area contributed by atoms with Gasteiger partial charge in [0.25, 0.3) is 5.82 Å². The lowest BCUT2D eigenvalue weighted by Gasteiger charge is -2.17. The second kappa shape index (κ2) is 5.21. The Balaban J connectivity index is 2.57. The van der Waals surface area contributed by atoms with Gasteiger partial charge >= 0.3 is 0 Å². The van der Waals surface area contributed by atoms with Crippen molar-refractivity contribution < 1.29 is 9.30 Å². The minimum absolute atomic E-state index is 0.151. The minimum Gasteiger partial charge on any atom is -0.341 e. The predicted molar refractivity (Wildman–Crippen MR) is 60.5 cm³/mol. The van der Waals surface area contributed by atoms with Crippen LogP contribution in [0.25, 0.3) is 0 Å². The molecule has 0 aromatic carbocycles. The number of imidazole rings is 1. The molecular weight excluding hydrogens is 206 g/mol. The number of nitroso groups, excluding NO2 is 1. The number of hydrogen-bond donors (Lipinski definition) is 0. The number of hydrogen-bond acceptors (Lipinski definition) is 3. The van der Waals surface area contributed by atoms with E-state index in [0.717, 1.165) is 5.82 Å². The Morgan fingerprint density at radius 2 is 2.19 bits per heavy atom. The van der Waals surface area contributed by atoms with Crippen LogP contribution in [0, 0.1) is 10.3 Å². The van der Waals surface area contributed by atoms with Crippen molar-refractivity contribution in [2.45, 2.75) is 34.0 Å². The summed E-state index contributed by atoms with van der Waals surface area (Å²) in [6.45, 7) is 7.68. The molecule has 0 unspecified atom stereocenters. The lowest BCUT2D eigenvalue weighted by Crippen LogP contribution is -2.32. The molecule has 1 heterocycles. The molecule has 0 aliphatic carbocycles. The highest BCUT2D eigenvalue weighted by Gasteiger charge is 2.16. The molecule has 5 heteroatoms. The Hall–Kier alpha value is -1.23. The van der Waals surface area contributed by atoms with Crippen molar-refractivity contribution in [1.82, 2.24) is 4.57 Å². The largest absolute Gasteiger partial charge is 0.341 e. The summed E-state index contributed by atoms with van der Waals surface area (Å²) in [5.41, 5.74) is 0.151. The maximum Gasteiger partial charge on any atom is 0.283 e. The summed E-state index contributed by atoms with van der Waals surface area (Å²) >= 11 is 0. The van der Waals surface area contributed by atoms with E-state index in [1.54, 1.807) is 0 Å². The summed E-state index contributed by atoms with van der Waals surface area (Å²) in [6.07, 6.45) is 3.78. The maximum atomic E-state index is 10.3. The lowest BCUT2D eigenvalue weighted by atomic mass is 9.99. The lowest BCUT2D eigenvalue weighted by molar-refractivity contribution is -0.679. The molecule has 1 aromatic heterocycles. The van der Waals surface area contributed by atoms with Gasteiger partial charge in [0, 0.05) is 0 Å². The van der Waals surface area contributed by atoms with E-state index >= 15 is 0 Å². The van der Waals surface area contributed by atoms with Crippen LogP contribution in [0.4, 0.5) is 0 Å². The summed E-state index contributed by atoms with van der Waals surface area (Å²) in [7, 11) is 1.89. The molecule has 0 atom stereocenters. The maximum absolute atomic E-state index is 10.3. The smallest absolute Gasteiger partial charge is 0.283 e. The molecular formula is C11H20N3O2+. The molecule has 90 valence electrons. The Morgan fingerprint density at radius 1 is 1.50 bits per heavy atom. The first-order valence-electron chi connectivity index (χ1n) is 5.34. The van der Waals surface area contributed by atoms with Crippen LogP contribution in [-0.2, 0) is 25.1 Å². The average molecular weight is 226 g/mol. The van der Waals surface area contributed by atoms with E-state index in [-0.39, 0.29) is 12.0 Å². The van der Waals surface area contributed by atoms with Crippen molar-refractivity contribution in [2.75, 3.05) is 6.61 Å². The first kappa shape index (κ1) is 12.8. The van der Waals surface area contributed by atoms with Crippen LogP contribution >= 0.6 is 0 Å². The Bertz CT molecular complexity index is 353. The summed E-state index contributed by atoms with van der Waals surface area (Å²) < 4.78 is 9.36. The summed E-state index contributed by atoms with van der Waals surface area (Å²) in [4.78, 5) is 10.3. The SMILES string of the molecule is C[n+]1ccn(COCC(C)(C)C)c1CN=O. The van der Waals surface area contributed by atoms with Gasteiger partial charge in [0.05, 0.1) is 13.7 Å². The van der Waals surface area contributed by atoms with Gasteiger partial charge in [-0.25, -0.2) is 9.13 Å². The van der Waals surface area contributed by atoms with E-state index in [1.807, 2.05) is 28.6 Å². The highest BCUT2D eigenvalue weighted by atomic mass is 16.5. The number of ether oxygens (including phenoxy) is 1. The second-order valence-corrected chi connectivity index (χ2v) is 5.12. The van der Waals surface area contributed by atoms with Crippen LogP contribution in [0.5, 0.6) is 0 Å². The van der Waals surface area contributed by atoms with E-state index in [2.05, 4.69) is 25.9 Å². The fourth-order valence-corrected chi connectivity index (χ4v) is 1.38. The molecule has 1 rings (SSSR count). The minimum atomic E-state index is 0.151. The Labute approximate surface area is 96.0 Å². The second-order valence-electron chi connectivity index (χ2n) is 5.12. The van der Waals surface area contributed by atoms with Gasteiger partial charge in [0.1, 0.15) is 12.4 Å². The summed E-state index contributed by atoms with van der Waals surface area (Å²) in [6, 6.07) is 0. The van der Waals surface area contributed by atoms with E-state index in [0.29, 0.717) is 13.3 Å². The van der Waals surface area contributed by atoms with Crippen LogP contribution in [0.3, 0.4) is 0 Å². The summed E-state index contributed by atoms with van der Waals surface area (Å²) in [5.74, 6) is 0.851. The number of aryl methyl sites for hydroxylation is 1. The van der Waals surface area contributed by atoms with Crippen LogP contribution < -0.4 is 4.57 Å². The first-order chi connectivity index (χ1) is 7.44. The van der Waals surface area contributed by atoms with Crippen LogP contribution in [0.15, 0.2) is 17.6 Å². The van der Waals surface area contributed by atoms with Gasteiger partial charge in [-0.3, -0.25) is 0 Å². The van der Waals surface area contributed by atoms with Crippen LogP contribution in [-0.4, -0.2) is 11.2 Å². The fourth-order valence-electron chi connectivity index (χ4n) is 1.38. The van der Waals surface area contributed by atoms with E-state index in [4.69, 9.17) is 4.74 Å². The van der Waals surface area contributed by atoms with Gasteiger partial charge in [-0.1, -0.05) is 25.9 Å². The fraction of sp³-hybridized carbons (Fsp3) is 0.727. The molecule has 0 saturated carbocycles. The molecule has 0 aliphatic rings. The van der Waals surface area contributed by atoms with E-state index in [9.17, 15) is 4.91 Å². The van der Waals surface area contributed by atoms with Gasteiger partial charge in [0.2, 0.25) is 0 Å². The van der Waals surface area contributed by atoms with Gasteiger partial charge in [0.15, 0.2) is 13.3 Å². The normalized spacial score (nSPS) is 11.8. The molecule has 0 radical (unpaired) electrons. The van der Waals surface area contributed by atoms with Crippen molar-refractivity contribution in [2.24, 2.45) is 17.6 Å². The quantitative estimate of drug-likeness (QED) is 0.565. The molecule has 0 saturated heterocycles. The topological polar surface area (TPSA) is 47.5 Å². The molecule has 0 N–H and O–H groups in total. The average Bonchev–Trinajstić information content (AvgIpc) is 2.48. The highest BCUT2D eigenvalue weighted by Crippen LogP contribution is 2.13. The van der Waals surface area contributed by atoms with Gasteiger partial charge in [-0.2, -0.15) is 4.91 Å². The van der Waals surface area contributed by atoms with E-state index in [1.165, 1.54) is 0 Å². The van der Waals surface area contributed by atoms with Crippen LogP contribution in [0.1, 0.15) is 26.6 Å². The van der Waals surface area contributed by atoms with Crippen LogP contribution in [0.2, 0.25) is 0 Å². The highest BCUT2D eigenvalue weighted by molar-refractivity contribution is 4.82. The molecule has 0 fully saturated rings. The molecule has 0 bridgehead atoms. The molecule has 0 amide bonds. The third kappa shape index (κ3) is 3.73. The zero-order valence-corrected chi connectivity index (χ0v) is 10.4. The zero-order chi connectivity index (χ0) is 12.2. The Morgan fingerprint density at radius 3 is 2.75 bits per heavy atom. The molecule has 16 heavy (non-hydrogen) atoms. The third-order valence-electron chi connectivity index (χ3n) is 2.18. The van der Waals surface area contributed by atoms with Gasteiger partial charge in [-0.05, 0) is 5.41 Å². The zero-order valence-electron chi connectivity index (χ0n) is 10.4. The molecule has 1 aromatic rings. The van der Waals surface area contributed by atoms with Crippen molar-refractivity contribution in [3.8, 4) is 0 Å².